The van der Waals surface area contributed by atoms with Gasteiger partial charge in [0, 0.05) is 18.5 Å². The molecule has 5 nitrogen and oxygen atoms in total. The van der Waals surface area contributed by atoms with Crippen LogP contribution >= 0.6 is 0 Å². The first kappa shape index (κ1) is 18.5. The van der Waals surface area contributed by atoms with E-state index in [1.165, 1.54) is 26.2 Å². The molecule has 1 saturated heterocycles. The molecule has 1 aliphatic rings. The van der Waals surface area contributed by atoms with Crippen LogP contribution in [-0.2, 0) is 4.79 Å². The fourth-order valence-electron chi connectivity index (χ4n) is 2.84. The lowest BCUT2D eigenvalue weighted by Crippen LogP contribution is -2.32. The van der Waals surface area contributed by atoms with E-state index in [1.807, 2.05) is 6.92 Å². The summed E-state index contributed by atoms with van der Waals surface area (Å²) in [4.78, 5) is 26.2. The van der Waals surface area contributed by atoms with Gasteiger partial charge in [-0.2, -0.15) is 0 Å². The first-order chi connectivity index (χ1) is 11.6. The van der Waals surface area contributed by atoms with Crippen LogP contribution in [0.3, 0.4) is 0 Å². The van der Waals surface area contributed by atoms with Crippen molar-refractivity contribution >= 4 is 17.4 Å². The number of nitrogens with zero attached hydrogens (tertiary/aromatic N) is 1. The van der Waals surface area contributed by atoms with Crippen LogP contribution in [0, 0.1) is 0 Å². The Labute approximate surface area is 144 Å². The number of benzene rings is 1. The number of ether oxygens (including phenoxy) is 1. The largest absolute Gasteiger partial charge is 0.491 e. The van der Waals surface area contributed by atoms with Gasteiger partial charge in [-0.25, -0.2) is 0 Å². The van der Waals surface area contributed by atoms with E-state index in [0.717, 1.165) is 26.1 Å². The molecule has 1 fully saturated rings. The molecule has 1 aliphatic heterocycles. The number of carbonyl (C=O) groups is 2. The van der Waals surface area contributed by atoms with Crippen molar-refractivity contribution < 1.29 is 14.3 Å². The van der Waals surface area contributed by atoms with Crippen LogP contribution in [-0.4, -0.2) is 42.8 Å². The molecular formula is C19H28N2O3. The Bertz CT molecular complexity index is 566. The summed E-state index contributed by atoms with van der Waals surface area (Å²) in [6.45, 7) is 7.07. The molecule has 0 bridgehead atoms. The summed E-state index contributed by atoms with van der Waals surface area (Å²) in [6, 6.07) is 5.19. The van der Waals surface area contributed by atoms with Crippen LogP contribution in [0.4, 0.5) is 5.69 Å². The average molecular weight is 332 g/mol. The van der Waals surface area contributed by atoms with Gasteiger partial charge < -0.3 is 15.0 Å². The minimum Gasteiger partial charge on any atom is -0.491 e. The molecule has 0 spiro atoms. The molecule has 5 heteroatoms. The van der Waals surface area contributed by atoms with Crippen LogP contribution in [0.15, 0.2) is 18.2 Å². The number of piperidine rings is 1. The third-order valence-electron chi connectivity index (χ3n) is 4.23. The smallest absolute Gasteiger partial charge is 0.225 e. The molecule has 2 rings (SSSR count). The highest BCUT2D eigenvalue weighted by Crippen LogP contribution is 2.26. The van der Waals surface area contributed by atoms with Gasteiger partial charge in [-0.1, -0.05) is 13.3 Å². The maximum absolute atomic E-state index is 12.3. The summed E-state index contributed by atoms with van der Waals surface area (Å²) < 4.78 is 5.68. The van der Waals surface area contributed by atoms with Crippen molar-refractivity contribution in [2.45, 2.75) is 46.0 Å². The first-order valence-corrected chi connectivity index (χ1v) is 8.90. The third-order valence-corrected chi connectivity index (χ3v) is 4.23. The number of rotatable bonds is 8. The van der Waals surface area contributed by atoms with E-state index in [4.69, 9.17) is 4.74 Å². The van der Waals surface area contributed by atoms with Crippen molar-refractivity contribution in [3.05, 3.63) is 23.8 Å². The zero-order chi connectivity index (χ0) is 17.4. The minimum absolute atomic E-state index is 0.0270. The number of carbonyl (C=O) groups excluding carboxylic acids is 2. The van der Waals surface area contributed by atoms with E-state index >= 15 is 0 Å². The molecule has 0 radical (unpaired) electrons. The van der Waals surface area contributed by atoms with Crippen molar-refractivity contribution in [3.63, 3.8) is 0 Å². The van der Waals surface area contributed by atoms with Crippen LogP contribution < -0.4 is 10.1 Å². The highest BCUT2D eigenvalue weighted by molar-refractivity contribution is 5.98. The molecule has 24 heavy (non-hydrogen) atoms. The second kappa shape index (κ2) is 9.42. The molecule has 1 aromatic carbocycles. The highest BCUT2D eigenvalue weighted by Gasteiger charge is 2.14. The molecule has 0 aliphatic carbocycles. The number of amides is 1. The van der Waals surface area contributed by atoms with Gasteiger partial charge in [0.15, 0.2) is 5.78 Å². The lowest BCUT2D eigenvalue weighted by Gasteiger charge is -2.26. The van der Waals surface area contributed by atoms with Gasteiger partial charge >= 0.3 is 0 Å². The summed E-state index contributed by atoms with van der Waals surface area (Å²) in [5, 5.41) is 2.91. The summed E-state index contributed by atoms with van der Waals surface area (Å²) >= 11 is 0. The third kappa shape index (κ3) is 5.64. The van der Waals surface area contributed by atoms with E-state index < -0.39 is 0 Å². The van der Waals surface area contributed by atoms with E-state index in [-0.39, 0.29) is 11.7 Å². The minimum atomic E-state index is -0.0392. The Morgan fingerprint density at radius 2 is 1.96 bits per heavy atom. The van der Waals surface area contributed by atoms with Crippen LogP contribution in [0.5, 0.6) is 5.75 Å². The molecular weight excluding hydrogens is 304 g/mol. The number of nitrogens with one attached hydrogen (secondary N) is 1. The molecule has 0 saturated carbocycles. The van der Waals surface area contributed by atoms with Gasteiger partial charge in [0.25, 0.3) is 0 Å². The second-order valence-electron chi connectivity index (χ2n) is 6.32. The first-order valence-electron chi connectivity index (χ1n) is 8.90. The van der Waals surface area contributed by atoms with Crippen molar-refractivity contribution in [2.75, 3.05) is 31.6 Å². The van der Waals surface area contributed by atoms with Crippen molar-refractivity contribution in [3.8, 4) is 5.75 Å². The summed E-state index contributed by atoms with van der Waals surface area (Å²) in [5.41, 5.74) is 1.16. The number of likely N-dealkylation sites (tertiary alicyclic amines) is 1. The van der Waals surface area contributed by atoms with E-state index in [2.05, 4.69) is 10.2 Å². The number of hydrogen-bond acceptors (Lipinski definition) is 4. The van der Waals surface area contributed by atoms with Crippen molar-refractivity contribution in [2.24, 2.45) is 0 Å². The van der Waals surface area contributed by atoms with Gasteiger partial charge in [0.1, 0.15) is 5.75 Å². The van der Waals surface area contributed by atoms with Crippen LogP contribution in [0.1, 0.15) is 56.3 Å². The van der Waals surface area contributed by atoms with Crippen LogP contribution in [0.2, 0.25) is 0 Å². The zero-order valence-corrected chi connectivity index (χ0v) is 14.8. The Morgan fingerprint density at radius 1 is 1.21 bits per heavy atom. The van der Waals surface area contributed by atoms with Crippen molar-refractivity contribution in [1.29, 1.82) is 0 Å². The number of anilines is 1. The molecule has 1 N–H and O–H groups in total. The van der Waals surface area contributed by atoms with Crippen molar-refractivity contribution in [1.82, 2.24) is 4.90 Å². The SMILES string of the molecule is CCCOc1ccc(C(C)=O)cc1NC(=O)CCN1CCCCC1. The molecule has 0 unspecified atom stereocenters. The Kier molecular flexibility index (Phi) is 7.25. The molecule has 1 aromatic rings. The Hall–Kier alpha value is -1.88. The topological polar surface area (TPSA) is 58.6 Å². The predicted octanol–water partition coefficient (Wildman–Crippen LogP) is 3.49. The molecule has 1 heterocycles. The molecule has 1 amide bonds. The van der Waals surface area contributed by atoms with Gasteiger partial charge in [0.2, 0.25) is 5.91 Å². The number of ketones is 1. The number of hydrogen-bond donors (Lipinski definition) is 1. The lowest BCUT2D eigenvalue weighted by molar-refractivity contribution is -0.116. The van der Waals surface area contributed by atoms with Gasteiger partial charge in [-0.15, -0.1) is 0 Å². The summed E-state index contributed by atoms with van der Waals surface area (Å²) in [6.07, 6.45) is 5.07. The monoisotopic (exact) mass is 332 g/mol. The summed E-state index contributed by atoms with van der Waals surface area (Å²) in [7, 11) is 0. The second-order valence-corrected chi connectivity index (χ2v) is 6.32. The number of Topliss-reactive ketones (excluding diaryl/α,β-unsaturated/α-hetero) is 1. The maximum atomic E-state index is 12.3. The molecule has 0 aromatic heterocycles. The highest BCUT2D eigenvalue weighted by atomic mass is 16.5. The Morgan fingerprint density at radius 3 is 2.62 bits per heavy atom. The predicted molar refractivity (Wildman–Crippen MR) is 95.8 cm³/mol. The standard InChI is InChI=1S/C19H28N2O3/c1-3-13-24-18-8-7-16(15(2)22)14-17(18)20-19(23)9-12-21-10-5-4-6-11-21/h7-8,14H,3-6,9-13H2,1-2H3,(H,20,23). The van der Waals surface area contributed by atoms with Gasteiger partial charge in [-0.05, 0) is 57.5 Å². The Balaban J connectivity index is 1.98. The summed E-state index contributed by atoms with van der Waals surface area (Å²) in [5.74, 6) is 0.552. The normalized spacial score (nSPS) is 15.1. The fourth-order valence-corrected chi connectivity index (χ4v) is 2.84. The lowest BCUT2D eigenvalue weighted by atomic mass is 10.1. The van der Waals surface area contributed by atoms with Gasteiger partial charge in [0.05, 0.1) is 12.3 Å². The maximum Gasteiger partial charge on any atom is 0.225 e. The molecule has 132 valence electrons. The fraction of sp³-hybridized carbons (Fsp3) is 0.579. The van der Waals surface area contributed by atoms with Gasteiger partial charge in [-0.3, -0.25) is 9.59 Å². The average Bonchev–Trinajstić information content (AvgIpc) is 2.59. The van der Waals surface area contributed by atoms with E-state index in [1.54, 1.807) is 18.2 Å². The quantitative estimate of drug-likeness (QED) is 0.740. The zero-order valence-electron chi connectivity index (χ0n) is 14.8. The molecule has 0 atom stereocenters. The van der Waals surface area contributed by atoms with E-state index in [0.29, 0.717) is 30.0 Å². The van der Waals surface area contributed by atoms with E-state index in [9.17, 15) is 9.59 Å². The van der Waals surface area contributed by atoms with Crippen LogP contribution in [0.25, 0.3) is 0 Å².